The highest BCUT2D eigenvalue weighted by atomic mass is 19.1. The molecule has 3 heteroatoms. The number of hydrogen-bond acceptors (Lipinski definition) is 2. The van der Waals surface area contributed by atoms with Crippen LogP contribution in [0.25, 0.3) is 0 Å². The second-order valence-electron chi connectivity index (χ2n) is 7.35. The number of nitrogens with one attached hydrogen (secondary N) is 2. The standard InChI is InChI=1S/C24H35FN2/c1-3-5-13-22(26-20-14-8-6-9-15-20)18-19-24(23(25)12-4-2)27-21-16-10-7-11-17-21/h6-11,14-17,22-24,26-27H,3-5,12-13,18-19H2,1-2H3. The third-order valence-electron chi connectivity index (χ3n) is 5.00. The van der Waals surface area contributed by atoms with Gasteiger partial charge in [-0.15, -0.1) is 0 Å². The molecule has 3 unspecified atom stereocenters. The van der Waals surface area contributed by atoms with E-state index in [1.807, 2.05) is 43.3 Å². The van der Waals surface area contributed by atoms with E-state index in [0.717, 1.165) is 37.1 Å². The maximum absolute atomic E-state index is 14.8. The number of hydrogen-bond donors (Lipinski definition) is 2. The lowest BCUT2D eigenvalue weighted by Gasteiger charge is -2.27. The van der Waals surface area contributed by atoms with Crippen LogP contribution in [0.2, 0.25) is 0 Å². The van der Waals surface area contributed by atoms with Crippen molar-refractivity contribution in [1.82, 2.24) is 0 Å². The Kier molecular flexibility index (Phi) is 9.75. The van der Waals surface area contributed by atoms with E-state index in [1.165, 1.54) is 12.8 Å². The minimum Gasteiger partial charge on any atom is -0.382 e. The van der Waals surface area contributed by atoms with Crippen molar-refractivity contribution in [2.75, 3.05) is 10.6 Å². The molecule has 0 spiro atoms. The minimum absolute atomic E-state index is 0.144. The molecular weight excluding hydrogens is 335 g/mol. The van der Waals surface area contributed by atoms with Crippen molar-refractivity contribution in [3.63, 3.8) is 0 Å². The van der Waals surface area contributed by atoms with Gasteiger partial charge < -0.3 is 10.6 Å². The number of halogens is 1. The van der Waals surface area contributed by atoms with Crippen molar-refractivity contribution in [2.24, 2.45) is 0 Å². The van der Waals surface area contributed by atoms with Crippen molar-refractivity contribution in [2.45, 2.75) is 77.0 Å². The molecule has 2 N–H and O–H groups in total. The Morgan fingerprint density at radius 1 is 0.704 bits per heavy atom. The molecule has 2 nitrogen and oxygen atoms in total. The largest absolute Gasteiger partial charge is 0.382 e. The van der Waals surface area contributed by atoms with Gasteiger partial charge in [0.05, 0.1) is 6.04 Å². The zero-order valence-electron chi connectivity index (χ0n) is 16.8. The van der Waals surface area contributed by atoms with Crippen LogP contribution in [0.4, 0.5) is 15.8 Å². The van der Waals surface area contributed by atoms with Crippen LogP contribution >= 0.6 is 0 Å². The van der Waals surface area contributed by atoms with Crippen LogP contribution in [0.15, 0.2) is 60.7 Å². The summed E-state index contributed by atoms with van der Waals surface area (Å²) in [6.45, 7) is 4.27. The summed E-state index contributed by atoms with van der Waals surface area (Å²) in [6.07, 6.45) is 5.93. The summed E-state index contributed by atoms with van der Waals surface area (Å²) in [4.78, 5) is 0. The van der Waals surface area contributed by atoms with Crippen molar-refractivity contribution in [1.29, 1.82) is 0 Å². The molecule has 0 bridgehead atoms. The van der Waals surface area contributed by atoms with Gasteiger partial charge in [-0.3, -0.25) is 0 Å². The summed E-state index contributed by atoms with van der Waals surface area (Å²) in [7, 11) is 0. The van der Waals surface area contributed by atoms with Crippen LogP contribution in [-0.2, 0) is 0 Å². The molecule has 0 aromatic heterocycles. The average Bonchev–Trinajstić information content (AvgIpc) is 2.70. The zero-order chi connectivity index (χ0) is 19.3. The molecule has 148 valence electrons. The molecule has 0 heterocycles. The Morgan fingerprint density at radius 2 is 1.30 bits per heavy atom. The van der Waals surface area contributed by atoms with Crippen LogP contribution in [0.1, 0.15) is 58.8 Å². The van der Waals surface area contributed by atoms with Gasteiger partial charge in [-0.2, -0.15) is 0 Å². The fourth-order valence-electron chi connectivity index (χ4n) is 3.46. The first-order valence-corrected chi connectivity index (χ1v) is 10.5. The molecule has 2 aromatic carbocycles. The minimum atomic E-state index is -0.821. The van der Waals surface area contributed by atoms with Crippen LogP contribution in [0.5, 0.6) is 0 Å². The Labute approximate surface area is 164 Å². The lowest BCUT2D eigenvalue weighted by atomic mass is 9.96. The monoisotopic (exact) mass is 370 g/mol. The second kappa shape index (κ2) is 12.4. The molecule has 0 amide bonds. The average molecular weight is 371 g/mol. The van der Waals surface area contributed by atoms with Crippen molar-refractivity contribution in [3.05, 3.63) is 60.7 Å². The number of anilines is 2. The molecule has 2 aromatic rings. The van der Waals surface area contributed by atoms with Gasteiger partial charge in [-0.1, -0.05) is 69.5 Å². The summed E-state index contributed by atoms with van der Waals surface area (Å²) in [5.74, 6) is 0. The van der Waals surface area contributed by atoms with Crippen LogP contribution in [-0.4, -0.2) is 18.3 Å². The summed E-state index contributed by atoms with van der Waals surface area (Å²) in [5, 5.41) is 7.09. The van der Waals surface area contributed by atoms with E-state index >= 15 is 0 Å². The van der Waals surface area contributed by atoms with Gasteiger partial charge in [0.15, 0.2) is 0 Å². The SMILES string of the molecule is CCCCC(CCC(Nc1ccccc1)C(F)CCC)Nc1ccccc1. The summed E-state index contributed by atoms with van der Waals surface area (Å²) >= 11 is 0. The highest BCUT2D eigenvalue weighted by Crippen LogP contribution is 2.22. The van der Waals surface area contributed by atoms with Gasteiger partial charge in [-0.05, 0) is 49.9 Å². The molecule has 0 aliphatic heterocycles. The Morgan fingerprint density at radius 3 is 1.85 bits per heavy atom. The first-order valence-electron chi connectivity index (χ1n) is 10.5. The lowest BCUT2D eigenvalue weighted by molar-refractivity contribution is 0.262. The first-order chi connectivity index (χ1) is 13.2. The number of unbranched alkanes of at least 4 members (excludes halogenated alkanes) is 1. The summed E-state index contributed by atoms with van der Waals surface area (Å²) in [5.41, 5.74) is 2.15. The predicted octanol–water partition coefficient (Wildman–Crippen LogP) is 7.06. The second-order valence-corrected chi connectivity index (χ2v) is 7.35. The maximum Gasteiger partial charge on any atom is 0.120 e. The third kappa shape index (κ3) is 8.03. The van der Waals surface area contributed by atoms with Crippen LogP contribution in [0.3, 0.4) is 0 Å². The van der Waals surface area contributed by atoms with Crippen LogP contribution < -0.4 is 10.6 Å². The third-order valence-corrected chi connectivity index (χ3v) is 5.00. The molecule has 0 aliphatic carbocycles. The van der Waals surface area contributed by atoms with E-state index in [2.05, 4.69) is 41.8 Å². The van der Waals surface area contributed by atoms with Gasteiger partial charge >= 0.3 is 0 Å². The predicted molar refractivity (Wildman–Crippen MR) is 116 cm³/mol. The van der Waals surface area contributed by atoms with Gasteiger partial charge in [0.25, 0.3) is 0 Å². The molecule has 0 saturated carbocycles. The molecule has 2 rings (SSSR count). The smallest absolute Gasteiger partial charge is 0.120 e. The fourth-order valence-corrected chi connectivity index (χ4v) is 3.46. The summed E-state index contributed by atoms with van der Waals surface area (Å²) < 4.78 is 14.8. The van der Waals surface area contributed by atoms with E-state index in [0.29, 0.717) is 12.5 Å². The number of rotatable bonds is 13. The van der Waals surface area contributed by atoms with Crippen LogP contribution in [0, 0.1) is 0 Å². The van der Waals surface area contributed by atoms with Crippen molar-refractivity contribution in [3.8, 4) is 0 Å². The molecular formula is C24H35FN2. The van der Waals surface area contributed by atoms with Crippen molar-refractivity contribution < 1.29 is 4.39 Å². The van der Waals surface area contributed by atoms with Gasteiger partial charge in [0, 0.05) is 17.4 Å². The van der Waals surface area contributed by atoms with Gasteiger partial charge in [-0.25, -0.2) is 4.39 Å². The molecule has 0 saturated heterocycles. The van der Waals surface area contributed by atoms with Gasteiger partial charge in [0.2, 0.25) is 0 Å². The van der Waals surface area contributed by atoms with Gasteiger partial charge in [0.1, 0.15) is 6.17 Å². The maximum atomic E-state index is 14.8. The van der Waals surface area contributed by atoms with E-state index in [1.54, 1.807) is 0 Å². The molecule has 0 fully saturated rings. The topological polar surface area (TPSA) is 24.1 Å². The van der Waals surface area contributed by atoms with E-state index in [4.69, 9.17) is 0 Å². The van der Waals surface area contributed by atoms with E-state index < -0.39 is 6.17 Å². The Balaban J connectivity index is 1.99. The number of alkyl halides is 1. The quantitative estimate of drug-likeness (QED) is 0.394. The normalized spacial score (nSPS) is 14.3. The van der Waals surface area contributed by atoms with Crippen molar-refractivity contribution >= 4 is 11.4 Å². The highest BCUT2D eigenvalue weighted by Gasteiger charge is 2.22. The number of para-hydroxylation sites is 2. The highest BCUT2D eigenvalue weighted by molar-refractivity contribution is 5.44. The fraction of sp³-hybridized carbons (Fsp3) is 0.500. The Hall–Kier alpha value is -2.03. The molecule has 0 radical (unpaired) electrons. The van der Waals surface area contributed by atoms with E-state index in [9.17, 15) is 4.39 Å². The molecule has 3 atom stereocenters. The summed E-state index contributed by atoms with van der Waals surface area (Å²) in [6, 6.07) is 20.6. The lowest BCUT2D eigenvalue weighted by Crippen LogP contribution is -2.33. The molecule has 0 aliphatic rings. The molecule has 27 heavy (non-hydrogen) atoms. The van der Waals surface area contributed by atoms with E-state index in [-0.39, 0.29) is 6.04 Å². The zero-order valence-corrected chi connectivity index (χ0v) is 16.8. The Bertz CT molecular complexity index is 602. The number of benzene rings is 2. The first kappa shape index (κ1) is 21.3.